The zero-order valence-electron chi connectivity index (χ0n) is 6.07. The molecule has 2 aromatic heterocycles. The molecule has 0 saturated heterocycles. The molecule has 2 rings (SSSR count). The van der Waals surface area contributed by atoms with E-state index in [0.29, 0.717) is 0 Å². The van der Waals surface area contributed by atoms with Crippen LogP contribution < -0.4 is 4.73 Å². The molecular weight excluding hydrogens is 142 g/mol. The average Bonchev–Trinajstić information content (AvgIpc) is 2.33. The molecule has 0 aliphatic rings. The summed E-state index contributed by atoms with van der Waals surface area (Å²) in [6.07, 6.45) is 4.57. The summed E-state index contributed by atoms with van der Waals surface area (Å²) in [6.45, 7) is 1.91. The molecule has 0 atom stereocenters. The standard InChI is InChI=1S/C8H7NO2/c1-6-5-11-8-2-3-9(10)4-7(6)8/h2-5H,1H3. The van der Waals surface area contributed by atoms with Crippen LogP contribution in [0.15, 0.2) is 29.1 Å². The lowest BCUT2D eigenvalue weighted by molar-refractivity contribution is -0.603. The molecule has 0 aromatic carbocycles. The molecule has 0 amide bonds. The normalized spacial score (nSPS) is 10.6. The van der Waals surface area contributed by atoms with Gasteiger partial charge in [-0.25, -0.2) is 0 Å². The molecule has 0 saturated carbocycles. The topological polar surface area (TPSA) is 40.1 Å². The third-order valence-electron chi connectivity index (χ3n) is 1.68. The van der Waals surface area contributed by atoms with Gasteiger partial charge in [-0.2, -0.15) is 4.73 Å². The van der Waals surface area contributed by atoms with E-state index in [4.69, 9.17) is 4.42 Å². The van der Waals surface area contributed by atoms with Gasteiger partial charge in [-0.3, -0.25) is 0 Å². The molecule has 3 nitrogen and oxygen atoms in total. The molecule has 0 aliphatic carbocycles. The zero-order chi connectivity index (χ0) is 7.84. The Morgan fingerprint density at radius 2 is 2.36 bits per heavy atom. The Hall–Kier alpha value is -1.51. The summed E-state index contributed by atoms with van der Waals surface area (Å²) < 4.78 is 5.92. The average molecular weight is 149 g/mol. The first-order valence-electron chi connectivity index (χ1n) is 3.34. The van der Waals surface area contributed by atoms with Crippen molar-refractivity contribution in [3.05, 3.63) is 35.5 Å². The minimum Gasteiger partial charge on any atom is -0.619 e. The van der Waals surface area contributed by atoms with Crippen molar-refractivity contribution in [1.29, 1.82) is 0 Å². The van der Waals surface area contributed by atoms with Crippen LogP contribution in [0.1, 0.15) is 5.56 Å². The van der Waals surface area contributed by atoms with Gasteiger partial charge in [-0.1, -0.05) is 0 Å². The fourth-order valence-electron chi connectivity index (χ4n) is 1.08. The van der Waals surface area contributed by atoms with E-state index < -0.39 is 0 Å². The van der Waals surface area contributed by atoms with Crippen LogP contribution in [-0.2, 0) is 0 Å². The predicted molar refractivity (Wildman–Crippen MR) is 39.9 cm³/mol. The van der Waals surface area contributed by atoms with E-state index in [1.54, 1.807) is 12.3 Å². The fraction of sp³-hybridized carbons (Fsp3) is 0.125. The molecular formula is C8H7NO2. The maximum Gasteiger partial charge on any atom is 0.191 e. The van der Waals surface area contributed by atoms with Crippen molar-refractivity contribution in [1.82, 2.24) is 0 Å². The molecule has 0 fully saturated rings. The minimum atomic E-state index is 0.759. The van der Waals surface area contributed by atoms with Crippen molar-refractivity contribution in [3.63, 3.8) is 0 Å². The van der Waals surface area contributed by atoms with Gasteiger partial charge in [0.25, 0.3) is 0 Å². The quantitative estimate of drug-likeness (QED) is 0.419. The fourth-order valence-corrected chi connectivity index (χ4v) is 1.08. The Kier molecular flexibility index (Phi) is 1.12. The first-order valence-corrected chi connectivity index (χ1v) is 3.34. The summed E-state index contributed by atoms with van der Waals surface area (Å²) in [5, 5.41) is 11.7. The molecule has 0 radical (unpaired) electrons. The van der Waals surface area contributed by atoms with Gasteiger partial charge in [0.1, 0.15) is 5.58 Å². The van der Waals surface area contributed by atoms with Gasteiger partial charge < -0.3 is 9.62 Å². The van der Waals surface area contributed by atoms with Crippen molar-refractivity contribution >= 4 is 11.0 Å². The lowest BCUT2D eigenvalue weighted by Gasteiger charge is -1.92. The van der Waals surface area contributed by atoms with Gasteiger partial charge in [0.15, 0.2) is 12.4 Å². The molecule has 0 bridgehead atoms. The van der Waals surface area contributed by atoms with E-state index >= 15 is 0 Å². The number of nitrogens with zero attached hydrogens (tertiary/aromatic N) is 1. The maximum absolute atomic E-state index is 10.8. The van der Waals surface area contributed by atoms with Crippen LogP contribution in [0.3, 0.4) is 0 Å². The van der Waals surface area contributed by atoms with Gasteiger partial charge in [0.2, 0.25) is 0 Å². The molecule has 0 spiro atoms. The SMILES string of the molecule is Cc1coc2cc[n+]([O-])cc12. The zero-order valence-corrected chi connectivity index (χ0v) is 6.07. The molecule has 0 unspecified atom stereocenters. The van der Waals surface area contributed by atoms with E-state index in [2.05, 4.69) is 0 Å². The van der Waals surface area contributed by atoms with E-state index in [0.717, 1.165) is 21.3 Å². The largest absolute Gasteiger partial charge is 0.619 e. The van der Waals surface area contributed by atoms with Gasteiger partial charge in [-0.15, -0.1) is 0 Å². The number of hydrogen-bond acceptors (Lipinski definition) is 2. The number of pyridine rings is 1. The van der Waals surface area contributed by atoms with Gasteiger partial charge in [-0.05, 0) is 6.92 Å². The highest BCUT2D eigenvalue weighted by molar-refractivity contribution is 5.78. The second-order valence-corrected chi connectivity index (χ2v) is 2.50. The van der Waals surface area contributed by atoms with Gasteiger partial charge in [0.05, 0.1) is 11.6 Å². The third kappa shape index (κ3) is 0.852. The summed E-state index contributed by atoms with van der Waals surface area (Å²) in [5.74, 6) is 0. The minimum absolute atomic E-state index is 0.759. The predicted octanol–water partition coefficient (Wildman–Crippen LogP) is 1.37. The number of aryl methyl sites for hydroxylation is 1. The lowest BCUT2D eigenvalue weighted by Crippen LogP contribution is -2.23. The number of hydrogen-bond donors (Lipinski definition) is 0. The Labute approximate surface area is 63.5 Å². The second kappa shape index (κ2) is 1.99. The van der Waals surface area contributed by atoms with Crippen LogP contribution >= 0.6 is 0 Å². The van der Waals surface area contributed by atoms with Crippen LogP contribution in [0.2, 0.25) is 0 Å². The summed E-state index contributed by atoms with van der Waals surface area (Å²) in [6, 6.07) is 1.66. The Balaban J connectivity index is 2.87. The van der Waals surface area contributed by atoms with Crippen LogP contribution in [0.25, 0.3) is 11.0 Å². The third-order valence-corrected chi connectivity index (χ3v) is 1.68. The van der Waals surface area contributed by atoms with E-state index in [9.17, 15) is 5.21 Å². The van der Waals surface area contributed by atoms with Crippen LogP contribution in [0.5, 0.6) is 0 Å². The van der Waals surface area contributed by atoms with Crippen LogP contribution in [-0.4, -0.2) is 0 Å². The Bertz CT molecular complexity index is 392. The van der Waals surface area contributed by atoms with Crippen molar-refractivity contribution in [3.8, 4) is 0 Å². The molecule has 0 aliphatic heterocycles. The molecule has 0 N–H and O–H groups in total. The maximum atomic E-state index is 10.8. The monoisotopic (exact) mass is 149 g/mol. The highest BCUT2D eigenvalue weighted by Gasteiger charge is 2.03. The number of fused-ring (bicyclic) bond motifs is 1. The van der Waals surface area contributed by atoms with Crippen LogP contribution in [0, 0.1) is 12.1 Å². The summed E-state index contributed by atoms with van der Waals surface area (Å²) in [5.41, 5.74) is 1.75. The number of aromatic nitrogens is 1. The van der Waals surface area contributed by atoms with Crippen molar-refractivity contribution in [2.45, 2.75) is 6.92 Å². The summed E-state index contributed by atoms with van der Waals surface area (Å²) >= 11 is 0. The second-order valence-electron chi connectivity index (χ2n) is 2.50. The highest BCUT2D eigenvalue weighted by Crippen LogP contribution is 2.16. The molecule has 56 valence electrons. The van der Waals surface area contributed by atoms with E-state index in [1.165, 1.54) is 12.4 Å². The Morgan fingerprint density at radius 3 is 3.18 bits per heavy atom. The number of rotatable bonds is 0. The molecule has 3 heteroatoms. The van der Waals surface area contributed by atoms with Crippen molar-refractivity contribution in [2.75, 3.05) is 0 Å². The Morgan fingerprint density at radius 1 is 1.55 bits per heavy atom. The highest BCUT2D eigenvalue weighted by atomic mass is 16.5. The number of furan rings is 1. The van der Waals surface area contributed by atoms with Gasteiger partial charge >= 0.3 is 0 Å². The smallest absolute Gasteiger partial charge is 0.191 e. The van der Waals surface area contributed by atoms with Crippen molar-refractivity contribution in [2.24, 2.45) is 0 Å². The summed E-state index contributed by atoms with van der Waals surface area (Å²) in [7, 11) is 0. The van der Waals surface area contributed by atoms with Crippen LogP contribution in [0.4, 0.5) is 0 Å². The lowest BCUT2D eigenvalue weighted by atomic mass is 10.2. The molecule has 2 heterocycles. The van der Waals surface area contributed by atoms with Gasteiger partial charge in [0, 0.05) is 11.6 Å². The first kappa shape index (κ1) is 6.22. The van der Waals surface area contributed by atoms with Crippen molar-refractivity contribution < 1.29 is 9.15 Å². The molecule has 11 heavy (non-hydrogen) atoms. The molecule has 2 aromatic rings. The summed E-state index contributed by atoms with van der Waals surface area (Å²) in [4.78, 5) is 0. The van der Waals surface area contributed by atoms with E-state index in [1.807, 2.05) is 6.92 Å². The first-order chi connectivity index (χ1) is 5.27. The van der Waals surface area contributed by atoms with E-state index in [-0.39, 0.29) is 0 Å².